The molecule has 2 rings (SSSR count). The van der Waals surface area contributed by atoms with E-state index in [0.717, 1.165) is 0 Å². The third-order valence-corrected chi connectivity index (χ3v) is 2.10. The van der Waals surface area contributed by atoms with Gasteiger partial charge in [-0.05, 0) is 24.3 Å². The number of pyridine rings is 1. The fraction of sp³-hybridized carbons (Fsp3) is 0. The number of carbonyl (C=O) groups is 1. The van der Waals surface area contributed by atoms with Gasteiger partial charge in [0.15, 0.2) is 5.82 Å². The molecule has 0 saturated carbocycles. The maximum atomic E-state index is 11.6. The number of amides is 1. The number of hydrogen-bond donors (Lipinski definition) is 2. The lowest BCUT2D eigenvalue weighted by atomic mass is 10.2. The van der Waals surface area contributed by atoms with Gasteiger partial charge in [-0.2, -0.15) is 0 Å². The molecule has 0 radical (unpaired) electrons. The van der Waals surface area contributed by atoms with Crippen molar-refractivity contribution in [2.75, 3.05) is 0 Å². The van der Waals surface area contributed by atoms with Crippen LogP contribution >= 0.6 is 0 Å². The molecule has 1 amide bonds. The SMILES string of the molecule is O=C(N/N=N/c1ccccn1)c1ccccc1O. The Morgan fingerprint density at radius 1 is 1.17 bits per heavy atom. The van der Waals surface area contributed by atoms with E-state index in [4.69, 9.17) is 0 Å². The molecule has 6 nitrogen and oxygen atoms in total. The summed E-state index contributed by atoms with van der Waals surface area (Å²) in [5.41, 5.74) is 2.34. The van der Waals surface area contributed by atoms with Crippen molar-refractivity contribution >= 4 is 11.7 Å². The smallest absolute Gasteiger partial charge is 0.276 e. The fourth-order valence-electron chi connectivity index (χ4n) is 1.26. The van der Waals surface area contributed by atoms with E-state index in [-0.39, 0.29) is 11.3 Å². The zero-order valence-corrected chi connectivity index (χ0v) is 9.32. The van der Waals surface area contributed by atoms with Gasteiger partial charge >= 0.3 is 0 Å². The van der Waals surface area contributed by atoms with Crippen molar-refractivity contribution in [1.29, 1.82) is 0 Å². The number of nitrogens with one attached hydrogen (secondary N) is 1. The Labute approximate surface area is 103 Å². The molecule has 1 aromatic heterocycles. The first-order chi connectivity index (χ1) is 8.77. The number of phenols is 1. The third-order valence-electron chi connectivity index (χ3n) is 2.10. The van der Waals surface area contributed by atoms with Gasteiger partial charge in [0.2, 0.25) is 0 Å². The van der Waals surface area contributed by atoms with E-state index in [1.54, 1.807) is 36.5 Å². The molecule has 2 N–H and O–H groups in total. The van der Waals surface area contributed by atoms with Crippen LogP contribution in [0.15, 0.2) is 59.0 Å². The number of benzene rings is 1. The number of nitrogens with zero attached hydrogens (tertiary/aromatic N) is 3. The summed E-state index contributed by atoms with van der Waals surface area (Å²) in [5.74, 6) is -0.258. The van der Waals surface area contributed by atoms with E-state index in [0.29, 0.717) is 5.82 Å². The van der Waals surface area contributed by atoms with Crippen LogP contribution in [0.2, 0.25) is 0 Å². The minimum atomic E-state index is -0.534. The summed E-state index contributed by atoms with van der Waals surface area (Å²) in [5, 5.41) is 16.7. The number of phenolic OH excluding ortho intramolecular Hbond substituents is 1. The maximum absolute atomic E-state index is 11.6. The standard InChI is InChI=1S/C12H10N4O2/c17-10-6-2-1-5-9(10)12(18)15-16-14-11-7-3-4-8-13-11/h1-8,17H,(H,13,14,15,18). The molecule has 0 atom stereocenters. The lowest BCUT2D eigenvalue weighted by Gasteiger charge is -2.00. The van der Waals surface area contributed by atoms with Crippen molar-refractivity contribution < 1.29 is 9.90 Å². The zero-order chi connectivity index (χ0) is 12.8. The van der Waals surface area contributed by atoms with Crippen LogP contribution in [0, 0.1) is 0 Å². The van der Waals surface area contributed by atoms with Crippen molar-refractivity contribution in [2.24, 2.45) is 10.3 Å². The van der Waals surface area contributed by atoms with Gasteiger partial charge < -0.3 is 5.11 Å². The van der Waals surface area contributed by atoms with Crippen molar-refractivity contribution in [3.63, 3.8) is 0 Å². The molecule has 6 heteroatoms. The molecule has 0 spiro atoms. The van der Waals surface area contributed by atoms with Gasteiger partial charge in [-0.3, -0.25) is 4.79 Å². The van der Waals surface area contributed by atoms with Crippen LogP contribution in [0.4, 0.5) is 5.82 Å². The van der Waals surface area contributed by atoms with Crippen LogP contribution in [0.3, 0.4) is 0 Å². The van der Waals surface area contributed by atoms with Crippen LogP contribution in [0.25, 0.3) is 0 Å². The highest BCUT2D eigenvalue weighted by Gasteiger charge is 2.08. The van der Waals surface area contributed by atoms with Gasteiger partial charge in [0.1, 0.15) is 5.75 Å². The highest BCUT2D eigenvalue weighted by atomic mass is 16.3. The van der Waals surface area contributed by atoms with Crippen molar-refractivity contribution in [2.45, 2.75) is 0 Å². The van der Waals surface area contributed by atoms with Gasteiger partial charge in [-0.25, -0.2) is 10.4 Å². The van der Waals surface area contributed by atoms with E-state index in [1.807, 2.05) is 0 Å². The number of carbonyl (C=O) groups excluding carboxylic acids is 1. The Morgan fingerprint density at radius 2 is 1.94 bits per heavy atom. The summed E-state index contributed by atoms with van der Waals surface area (Å²) in [7, 11) is 0. The number of rotatable bonds is 3. The summed E-state index contributed by atoms with van der Waals surface area (Å²) in [6.45, 7) is 0. The highest BCUT2D eigenvalue weighted by Crippen LogP contribution is 2.15. The molecule has 0 fully saturated rings. The normalized spacial score (nSPS) is 10.4. The largest absolute Gasteiger partial charge is 0.507 e. The molecule has 0 unspecified atom stereocenters. The Morgan fingerprint density at radius 3 is 2.67 bits per heavy atom. The average Bonchev–Trinajstić information content (AvgIpc) is 2.40. The number of hydrogen-bond acceptors (Lipinski definition) is 5. The molecule has 0 bridgehead atoms. The van der Waals surface area contributed by atoms with Gasteiger partial charge in [0.25, 0.3) is 5.91 Å². The zero-order valence-electron chi connectivity index (χ0n) is 9.32. The summed E-state index contributed by atoms with van der Waals surface area (Å²) < 4.78 is 0. The predicted octanol–water partition coefficient (Wildman–Crippen LogP) is 2.22. The minimum absolute atomic E-state index is 0.108. The number of para-hydroxylation sites is 1. The van der Waals surface area contributed by atoms with Gasteiger partial charge in [-0.15, -0.1) is 5.11 Å². The van der Waals surface area contributed by atoms with Crippen LogP contribution in [0.1, 0.15) is 10.4 Å². The molecule has 0 aliphatic carbocycles. The summed E-state index contributed by atoms with van der Waals surface area (Å²) in [4.78, 5) is 15.5. The Hall–Kier alpha value is -2.76. The topological polar surface area (TPSA) is 86.9 Å². The Balaban J connectivity index is 2.01. The van der Waals surface area contributed by atoms with Crippen molar-refractivity contribution in [1.82, 2.24) is 10.4 Å². The fourth-order valence-corrected chi connectivity index (χ4v) is 1.26. The molecule has 1 aromatic carbocycles. The molecule has 0 saturated heterocycles. The molecule has 2 aromatic rings. The quantitative estimate of drug-likeness (QED) is 0.639. The second-order valence-corrected chi connectivity index (χ2v) is 3.35. The molecule has 90 valence electrons. The first-order valence-corrected chi connectivity index (χ1v) is 5.17. The predicted molar refractivity (Wildman–Crippen MR) is 64.3 cm³/mol. The van der Waals surface area contributed by atoms with E-state index in [2.05, 4.69) is 20.7 Å². The van der Waals surface area contributed by atoms with Crippen LogP contribution < -0.4 is 5.43 Å². The summed E-state index contributed by atoms with van der Waals surface area (Å²) in [6.07, 6.45) is 1.57. The average molecular weight is 242 g/mol. The molecule has 0 aliphatic heterocycles. The van der Waals surface area contributed by atoms with Crippen molar-refractivity contribution in [3.05, 3.63) is 54.2 Å². The Kier molecular flexibility index (Phi) is 3.60. The first-order valence-electron chi connectivity index (χ1n) is 5.17. The number of aromatic nitrogens is 1. The van der Waals surface area contributed by atoms with E-state index in [9.17, 15) is 9.90 Å². The first kappa shape index (κ1) is 11.7. The van der Waals surface area contributed by atoms with Gasteiger partial charge in [0.05, 0.1) is 5.56 Å². The monoisotopic (exact) mass is 242 g/mol. The summed E-state index contributed by atoms with van der Waals surface area (Å²) >= 11 is 0. The highest BCUT2D eigenvalue weighted by molar-refractivity contribution is 5.96. The van der Waals surface area contributed by atoms with Crippen molar-refractivity contribution in [3.8, 4) is 5.75 Å². The van der Waals surface area contributed by atoms with E-state index in [1.165, 1.54) is 12.1 Å². The molecule has 18 heavy (non-hydrogen) atoms. The lowest BCUT2D eigenvalue weighted by molar-refractivity contribution is 0.0949. The number of aromatic hydroxyl groups is 1. The summed E-state index contributed by atoms with van der Waals surface area (Å²) in [6, 6.07) is 11.3. The van der Waals surface area contributed by atoms with Gasteiger partial charge in [-0.1, -0.05) is 23.4 Å². The van der Waals surface area contributed by atoms with Crippen LogP contribution in [-0.4, -0.2) is 16.0 Å². The molecule has 0 aliphatic rings. The maximum Gasteiger partial charge on any atom is 0.276 e. The molecular weight excluding hydrogens is 232 g/mol. The van der Waals surface area contributed by atoms with E-state index >= 15 is 0 Å². The second kappa shape index (κ2) is 5.53. The van der Waals surface area contributed by atoms with Crippen LogP contribution in [0.5, 0.6) is 5.75 Å². The van der Waals surface area contributed by atoms with Gasteiger partial charge in [0, 0.05) is 6.20 Å². The lowest BCUT2D eigenvalue weighted by Crippen LogP contribution is -2.16. The Bertz CT molecular complexity index is 569. The molecular formula is C12H10N4O2. The second-order valence-electron chi connectivity index (χ2n) is 3.35. The third kappa shape index (κ3) is 2.88. The van der Waals surface area contributed by atoms with Crippen LogP contribution in [-0.2, 0) is 0 Å². The minimum Gasteiger partial charge on any atom is -0.507 e. The van der Waals surface area contributed by atoms with E-state index < -0.39 is 5.91 Å². The molecule has 1 heterocycles.